The van der Waals surface area contributed by atoms with Crippen LogP contribution in [0.3, 0.4) is 0 Å². The first-order valence-corrected chi connectivity index (χ1v) is 6.41. The van der Waals surface area contributed by atoms with Crippen LogP contribution in [0.2, 0.25) is 0 Å². The molecule has 1 aromatic rings. The zero-order valence-electron chi connectivity index (χ0n) is 9.49. The van der Waals surface area contributed by atoms with E-state index >= 15 is 0 Å². The lowest BCUT2D eigenvalue weighted by Crippen LogP contribution is -2.36. The summed E-state index contributed by atoms with van der Waals surface area (Å²) in [6.07, 6.45) is 4.69. The predicted octanol–water partition coefficient (Wildman–Crippen LogP) is 1.64. The molecule has 0 aromatic carbocycles. The maximum absolute atomic E-state index is 4.31. The molecule has 0 bridgehead atoms. The summed E-state index contributed by atoms with van der Waals surface area (Å²) in [6.45, 7) is 5.50. The molecule has 2 rings (SSSR count). The summed E-state index contributed by atoms with van der Waals surface area (Å²) >= 11 is 1.82. The van der Waals surface area contributed by atoms with Crippen molar-refractivity contribution in [2.75, 3.05) is 20.1 Å². The number of aromatic nitrogens is 1. The smallest absolute Gasteiger partial charge is 0.0897 e. The molecule has 1 atom stereocenters. The van der Waals surface area contributed by atoms with Crippen molar-refractivity contribution in [3.63, 3.8) is 0 Å². The van der Waals surface area contributed by atoms with Crippen molar-refractivity contribution < 1.29 is 0 Å². The van der Waals surface area contributed by atoms with E-state index in [1.807, 2.05) is 24.6 Å². The molecule has 1 aliphatic heterocycles. The molecule has 1 aromatic heterocycles. The van der Waals surface area contributed by atoms with Gasteiger partial charge in [0, 0.05) is 30.2 Å². The Bertz CT molecular complexity index is 311. The van der Waals surface area contributed by atoms with E-state index in [4.69, 9.17) is 0 Å². The van der Waals surface area contributed by atoms with Gasteiger partial charge in [-0.25, -0.2) is 4.98 Å². The van der Waals surface area contributed by atoms with Crippen molar-refractivity contribution in [2.24, 2.45) is 0 Å². The van der Waals surface area contributed by atoms with Gasteiger partial charge >= 0.3 is 0 Å². The number of nitrogens with one attached hydrogen (secondary N) is 1. The van der Waals surface area contributed by atoms with E-state index in [1.165, 1.54) is 29.3 Å². The lowest BCUT2D eigenvalue weighted by atomic mass is 10.2. The Balaban J connectivity index is 1.93. The van der Waals surface area contributed by atoms with Gasteiger partial charge in [0.15, 0.2) is 0 Å². The van der Waals surface area contributed by atoms with Crippen molar-refractivity contribution in [1.29, 1.82) is 0 Å². The van der Waals surface area contributed by atoms with Crippen LogP contribution in [0.25, 0.3) is 0 Å². The first-order valence-electron chi connectivity index (χ1n) is 5.59. The average Bonchev–Trinajstić information content (AvgIpc) is 2.78. The molecule has 1 fully saturated rings. The van der Waals surface area contributed by atoms with Crippen LogP contribution in [-0.4, -0.2) is 36.1 Å². The van der Waals surface area contributed by atoms with Crippen molar-refractivity contribution in [2.45, 2.75) is 32.4 Å². The molecule has 0 amide bonds. The maximum Gasteiger partial charge on any atom is 0.0897 e. The van der Waals surface area contributed by atoms with E-state index in [0.717, 1.165) is 19.1 Å². The number of rotatable bonds is 4. The molecule has 1 unspecified atom stereocenters. The molecule has 84 valence electrons. The van der Waals surface area contributed by atoms with Crippen LogP contribution in [0.15, 0.2) is 6.20 Å². The third-order valence-electron chi connectivity index (χ3n) is 2.97. The lowest BCUT2D eigenvalue weighted by Gasteiger charge is -2.23. The fraction of sp³-hybridized carbons (Fsp3) is 0.727. The number of hydrogen-bond acceptors (Lipinski definition) is 4. The summed E-state index contributed by atoms with van der Waals surface area (Å²) in [6, 6.07) is 0.720. The second-order valence-corrected chi connectivity index (χ2v) is 5.49. The Morgan fingerprint density at radius 3 is 3.20 bits per heavy atom. The molecule has 1 N–H and O–H groups in total. The summed E-state index contributed by atoms with van der Waals surface area (Å²) in [7, 11) is 2.04. The third-order valence-corrected chi connectivity index (χ3v) is 3.86. The highest BCUT2D eigenvalue weighted by Crippen LogP contribution is 2.21. The number of likely N-dealkylation sites (N-methyl/N-ethyl adjacent to an activating group) is 1. The lowest BCUT2D eigenvalue weighted by molar-refractivity contribution is 0.244. The van der Waals surface area contributed by atoms with Crippen molar-refractivity contribution in [3.05, 3.63) is 16.1 Å². The van der Waals surface area contributed by atoms with Gasteiger partial charge in [-0.3, -0.25) is 4.90 Å². The third kappa shape index (κ3) is 2.77. The number of hydrogen-bond donors (Lipinski definition) is 1. The topological polar surface area (TPSA) is 28.2 Å². The van der Waals surface area contributed by atoms with Gasteiger partial charge < -0.3 is 5.32 Å². The van der Waals surface area contributed by atoms with E-state index in [2.05, 4.69) is 22.1 Å². The van der Waals surface area contributed by atoms with Gasteiger partial charge in [-0.15, -0.1) is 11.3 Å². The van der Waals surface area contributed by atoms with Crippen LogP contribution in [-0.2, 0) is 6.54 Å². The highest BCUT2D eigenvalue weighted by Gasteiger charge is 2.23. The first-order chi connectivity index (χ1) is 7.29. The highest BCUT2D eigenvalue weighted by atomic mass is 32.1. The van der Waals surface area contributed by atoms with Crippen LogP contribution in [0.5, 0.6) is 0 Å². The molecule has 0 saturated carbocycles. The molecule has 0 spiro atoms. The van der Waals surface area contributed by atoms with Gasteiger partial charge in [-0.2, -0.15) is 0 Å². The van der Waals surface area contributed by atoms with Gasteiger partial charge in [0.2, 0.25) is 0 Å². The Labute approximate surface area is 95.5 Å². The van der Waals surface area contributed by atoms with Crippen LogP contribution < -0.4 is 5.32 Å². The van der Waals surface area contributed by atoms with E-state index in [0.29, 0.717) is 0 Å². The van der Waals surface area contributed by atoms with E-state index in [9.17, 15) is 0 Å². The van der Waals surface area contributed by atoms with Gasteiger partial charge in [-0.1, -0.05) is 0 Å². The fourth-order valence-corrected chi connectivity index (χ4v) is 3.07. The molecular weight excluding hydrogens is 206 g/mol. The second kappa shape index (κ2) is 5.05. The van der Waals surface area contributed by atoms with Gasteiger partial charge in [0.05, 0.1) is 5.01 Å². The summed E-state index contributed by atoms with van der Waals surface area (Å²) in [5.41, 5.74) is 0. The van der Waals surface area contributed by atoms with Crippen molar-refractivity contribution in [1.82, 2.24) is 15.2 Å². The van der Waals surface area contributed by atoms with Crippen LogP contribution in [0.4, 0.5) is 0 Å². The minimum Gasteiger partial charge on any atom is -0.318 e. The fourth-order valence-electron chi connectivity index (χ4n) is 2.25. The van der Waals surface area contributed by atoms with Gasteiger partial charge in [-0.05, 0) is 33.4 Å². The molecule has 3 nitrogen and oxygen atoms in total. The average molecular weight is 225 g/mol. The Hall–Kier alpha value is -0.450. The molecule has 4 heteroatoms. The predicted molar refractivity (Wildman–Crippen MR) is 64.2 cm³/mol. The van der Waals surface area contributed by atoms with Crippen LogP contribution >= 0.6 is 11.3 Å². The van der Waals surface area contributed by atoms with Crippen molar-refractivity contribution in [3.8, 4) is 0 Å². The van der Waals surface area contributed by atoms with Crippen LogP contribution in [0.1, 0.15) is 22.7 Å². The minimum absolute atomic E-state index is 0.720. The van der Waals surface area contributed by atoms with E-state index in [-0.39, 0.29) is 0 Å². The molecule has 0 radical (unpaired) electrons. The normalized spacial score (nSPS) is 22.4. The Morgan fingerprint density at radius 2 is 2.53 bits per heavy atom. The minimum atomic E-state index is 0.720. The Morgan fingerprint density at radius 1 is 1.67 bits per heavy atom. The number of likely N-dealkylation sites (tertiary alicyclic amines) is 1. The Kier molecular flexibility index (Phi) is 3.72. The van der Waals surface area contributed by atoms with Gasteiger partial charge in [0.1, 0.15) is 0 Å². The summed E-state index contributed by atoms with van der Waals surface area (Å²) in [4.78, 5) is 8.28. The largest absolute Gasteiger partial charge is 0.318 e. The monoisotopic (exact) mass is 225 g/mol. The zero-order chi connectivity index (χ0) is 10.7. The second-order valence-electron chi connectivity index (χ2n) is 4.17. The maximum atomic E-state index is 4.31. The summed E-state index contributed by atoms with van der Waals surface area (Å²) in [5, 5.41) is 4.45. The van der Waals surface area contributed by atoms with Gasteiger partial charge in [0.25, 0.3) is 0 Å². The summed E-state index contributed by atoms with van der Waals surface area (Å²) in [5.74, 6) is 0. The summed E-state index contributed by atoms with van der Waals surface area (Å²) < 4.78 is 0. The first kappa shape index (κ1) is 11.0. The molecular formula is C11H19N3S. The standard InChI is InChI=1S/C11H19N3S/c1-9-13-7-11(15-9)8-14-5-3-4-10(14)6-12-2/h7,10,12H,3-6,8H2,1-2H3. The molecule has 0 aliphatic carbocycles. The molecule has 15 heavy (non-hydrogen) atoms. The number of nitrogens with zero attached hydrogens (tertiary/aromatic N) is 2. The highest BCUT2D eigenvalue weighted by molar-refractivity contribution is 7.11. The van der Waals surface area contributed by atoms with Crippen LogP contribution in [0, 0.1) is 6.92 Å². The quantitative estimate of drug-likeness (QED) is 0.844. The SMILES string of the molecule is CNCC1CCCN1Cc1cnc(C)s1. The number of aryl methyl sites for hydroxylation is 1. The molecule has 1 aliphatic rings. The molecule has 2 heterocycles. The van der Waals surface area contributed by atoms with Crippen molar-refractivity contribution >= 4 is 11.3 Å². The molecule has 1 saturated heterocycles. The number of thiazole rings is 1. The zero-order valence-corrected chi connectivity index (χ0v) is 10.3. The van der Waals surface area contributed by atoms with E-state index in [1.54, 1.807) is 0 Å². The van der Waals surface area contributed by atoms with E-state index < -0.39 is 0 Å².